The van der Waals surface area contributed by atoms with Crippen molar-refractivity contribution in [1.29, 1.82) is 0 Å². The van der Waals surface area contributed by atoms with E-state index in [0.29, 0.717) is 37.8 Å². The van der Waals surface area contributed by atoms with Gasteiger partial charge in [0.1, 0.15) is 5.69 Å². The van der Waals surface area contributed by atoms with Crippen LogP contribution in [-0.4, -0.2) is 62.6 Å². The van der Waals surface area contributed by atoms with Gasteiger partial charge in [-0.25, -0.2) is 0 Å². The van der Waals surface area contributed by atoms with Crippen molar-refractivity contribution in [3.05, 3.63) is 53.5 Å². The zero-order valence-corrected chi connectivity index (χ0v) is 17.5. The highest BCUT2D eigenvalue weighted by Crippen LogP contribution is 2.42. The topological polar surface area (TPSA) is 74.2 Å². The number of benzene rings is 1. The molecule has 5 rings (SSSR count). The van der Waals surface area contributed by atoms with Crippen molar-refractivity contribution >= 4 is 22.7 Å². The fraction of sp³-hybridized carbons (Fsp3) is 0.435. The first-order valence-electron chi connectivity index (χ1n) is 10.8. The van der Waals surface area contributed by atoms with Crippen LogP contribution in [0.1, 0.15) is 65.2 Å². The van der Waals surface area contributed by atoms with Crippen LogP contribution in [0.25, 0.3) is 10.9 Å². The molecule has 0 radical (unpaired) electrons. The molecule has 0 unspecified atom stereocenters. The second-order valence-corrected chi connectivity index (χ2v) is 8.61. The van der Waals surface area contributed by atoms with Crippen LogP contribution in [0.5, 0.6) is 0 Å². The number of nitrogens with one attached hydrogen (secondary N) is 1. The third kappa shape index (κ3) is 3.28. The summed E-state index contributed by atoms with van der Waals surface area (Å²) in [5.41, 5.74) is 3.39. The highest BCUT2D eigenvalue weighted by atomic mass is 16.2. The Kier molecular flexibility index (Phi) is 4.60. The van der Waals surface area contributed by atoms with Crippen molar-refractivity contribution in [2.75, 3.05) is 26.2 Å². The number of para-hydroxylation sites is 1. The molecule has 0 bridgehead atoms. The van der Waals surface area contributed by atoms with E-state index in [1.54, 1.807) is 6.20 Å². The zero-order valence-electron chi connectivity index (χ0n) is 17.5. The number of hydrogen-bond acceptors (Lipinski definition) is 3. The minimum absolute atomic E-state index is 0.00963. The van der Waals surface area contributed by atoms with Crippen molar-refractivity contribution in [2.24, 2.45) is 0 Å². The Morgan fingerprint density at radius 2 is 1.70 bits per heavy atom. The highest BCUT2D eigenvalue weighted by molar-refractivity contribution is 5.98. The molecule has 1 aliphatic heterocycles. The van der Waals surface area contributed by atoms with Crippen LogP contribution in [0.3, 0.4) is 0 Å². The summed E-state index contributed by atoms with van der Waals surface area (Å²) in [6, 6.07) is 10.0. The Hall–Kier alpha value is -3.09. The monoisotopic (exact) mass is 405 g/mol. The third-order valence-corrected chi connectivity index (χ3v) is 6.13. The van der Waals surface area contributed by atoms with Crippen LogP contribution in [0.4, 0.5) is 0 Å². The Labute approximate surface area is 175 Å². The summed E-state index contributed by atoms with van der Waals surface area (Å²) in [4.78, 5) is 33.0. The molecule has 0 spiro atoms. The molecule has 0 atom stereocenters. The molecule has 1 aromatic carbocycles. The van der Waals surface area contributed by atoms with E-state index in [9.17, 15) is 9.59 Å². The van der Waals surface area contributed by atoms with Crippen LogP contribution in [0, 0.1) is 0 Å². The smallest absolute Gasteiger partial charge is 0.270 e. The number of carbonyl (C=O) groups is 2. The van der Waals surface area contributed by atoms with Gasteiger partial charge < -0.3 is 14.8 Å². The summed E-state index contributed by atoms with van der Waals surface area (Å²) in [7, 11) is 0. The normalized spacial score (nSPS) is 17.2. The highest BCUT2D eigenvalue weighted by Gasteiger charge is 2.35. The number of aromatic nitrogens is 3. The number of amides is 2. The van der Waals surface area contributed by atoms with E-state index in [-0.39, 0.29) is 17.9 Å². The lowest BCUT2D eigenvalue weighted by Crippen LogP contribution is -2.50. The Morgan fingerprint density at radius 1 is 1.03 bits per heavy atom. The molecule has 2 fully saturated rings. The summed E-state index contributed by atoms with van der Waals surface area (Å²) in [5, 5.41) is 5.53. The molecule has 7 heteroatoms. The number of rotatable bonds is 4. The molecule has 3 heterocycles. The van der Waals surface area contributed by atoms with Gasteiger partial charge in [-0.2, -0.15) is 5.10 Å². The first-order valence-corrected chi connectivity index (χ1v) is 10.8. The molecule has 7 nitrogen and oxygen atoms in total. The lowest BCUT2D eigenvalue weighted by Gasteiger charge is -2.34. The largest absolute Gasteiger partial charge is 0.351 e. The number of aromatic amines is 1. The minimum Gasteiger partial charge on any atom is -0.351 e. The lowest BCUT2D eigenvalue weighted by molar-refractivity contribution is 0.0532. The summed E-state index contributed by atoms with van der Waals surface area (Å²) < 4.78 is 2.00. The molecule has 1 N–H and O–H groups in total. The van der Waals surface area contributed by atoms with Crippen LogP contribution >= 0.6 is 0 Å². The number of hydrogen-bond donors (Lipinski definition) is 1. The van der Waals surface area contributed by atoms with Crippen LogP contribution in [-0.2, 0) is 0 Å². The molecular weight excluding hydrogens is 378 g/mol. The minimum atomic E-state index is -0.00963. The average Bonchev–Trinajstić information content (AvgIpc) is 3.34. The van der Waals surface area contributed by atoms with Crippen molar-refractivity contribution in [1.82, 2.24) is 24.6 Å². The number of piperazine rings is 1. The van der Waals surface area contributed by atoms with E-state index in [0.717, 1.165) is 35.0 Å². The first kappa shape index (κ1) is 18.9. The summed E-state index contributed by atoms with van der Waals surface area (Å²) in [6.45, 7) is 6.36. The van der Waals surface area contributed by atoms with Crippen LogP contribution in [0.2, 0.25) is 0 Å². The molecule has 1 aliphatic carbocycles. The fourth-order valence-corrected chi connectivity index (χ4v) is 4.35. The molecule has 3 aromatic rings. The molecule has 1 saturated heterocycles. The number of fused-ring (bicyclic) bond motifs is 1. The van der Waals surface area contributed by atoms with Crippen molar-refractivity contribution in [3.63, 3.8) is 0 Å². The predicted octanol–water partition coefficient (Wildman–Crippen LogP) is 3.42. The molecule has 30 heavy (non-hydrogen) atoms. The van der Waals surface area contributed by atoms with Crippen molar-refractivity contribution in [3.8, 4) is 0 Å². The van der Waals surface area contributed by atoms with Crippen molar-refractivity contribution in [2.45, 2.75) is 38.6 Å². The quantitative estimate of drug-likeness (QED) is 0.723. The second-order valence-electron chi connectivity index (χ2n) is 8.61. The Bertz CT molecular complexity index is 1070. The van der Waals surface area contributed by atoms with Gasteiger partial charge >= 0.3 is 0 Å². The molecular formula is C23H27N5O2. The maximum atomic E-state index is 13.2. The lowest BCUT2D eigenvalue weighted by atomic mass is 10.1. The Balaban J connectivity index is 1.28. The SMILES string of the molecule is CC(C)n1ncc(C(=O)N2CCN(C(=O)c3cc4ccccc4[nH]3)CC2)c1C1CC1. The number of H-pyrrole nitrogens is 1. The average molecular weight is 406 g/mol. The van der Waals surface area contributed by atoms with Crippen molar-refractivity contribution < 1.29 is 9.59 Å². The van der Waals surface area contributed by atoms with E-state index in [4.69, 9.17) is 0 Å². The first-order chi connectivity index (χ1) is 14.5. The van der Waals surface area contributed by atoms with Crippen LogP contribution < -0.4 is 0 Å². The van der Waals surface area contributed by atoms with Gasteiger partial charge in [0.2, 0.25) is 0 Å². The second kappa shape index (κ2) is 7.31. The van der Waals surface area contributed by atoms with Gasteiger partial charge in [-0.15, -0.1) is 0 Å². The zero-order chi connectivity index (χ0) is 20.8. The third-order valence-electron chi connectivity index (χ3n) is 6.13. The Morgan fingerprint density at radius 3 is 2.33 bits per heavy atom. The van der Waals surface area contributed by atoms with Gasteiger partial charge in [0.15, 0.2) is 0 Å². The van der Waals surface area contributed by atoms with Gasteiger partial charge in [-0.3, -0.25) is 14.3 Å². The maximum absolute atomic E-state index is 13.2. The molecule has 2 aliphatic rings. The van der Waals surface area contributed by atoms with Gasteiger partial charge in [-0.1, -0.05) is 18.2 Å². The number of nitrogens with zero attached hydrogens (tertiary/aromatic N) is 4. The standard InChI is InChI=1S/C23H27N5O2/c1-15(2)28-21(16-7-8-16)18(14-24-28)22(29)26-9-11-27(12-10-26)23(30)20-13-17-5-3-4-6-19(17)25-20/h3-6,13-16,25H,7-12H2,1-2H3. The summed E-state index contributed by atoms with van der Waals surface area (Å²) >= 11 is 0. The number of carbonyl (C=O) groups excluding carboxylic acids is 2. The van der Waals surface area contributed by atoms with E-state index >= 15 is 0 Å². The molecule has 156 valence electrons. The summed E-state index contributed by atoms with van der Waals surface area (Å²) in [5.74, 6) is 0.491. The van der Waals surface area contributed by atoms with Gasteiger partial charge in [0.25, 0.3) is 11.8 Å². The van der Waals surface area contributed by atoms with E-state index in [1.165, 1.54) is 0 Å². The predicted molar refractivity (Wildman–Crippen MR) is 115 cm³/mol. The van der Waals surface area contributed by atoms with Gasteiger partial charge in [0.05, 0.1) is 17.5 Å². The molecule has 2 amide bonds. The van der Waals surface area contributed by atoms with E-state index in [1.807, 2.05) is 44.8 Å². The van der Waals surface area contributed by atoms with Gasteiger partial charge in [0, 0.05) is 49.0 Å². The summed E-state index contributed by atoms with van der Waals surface area (Å²) in [6.07, 6.45) is 3.99. The van der Waals surface area contributed by atoms with Gasteiger partial charge in [-0.05, 0) is 38.8 Å². The van der Waals surface area contributed by atoms with E-state index < -0.39 is 0 Å². The molecule has 1 saturated carbocycles. The maximum Gasteiger partial charge on any atom is 0.270 e. The fourth-order valence-electron chi connectivity index (χ4n) is 4.35. The molecule has 2 aromatic heterocycles. The van der Waals surface area contributed by atoms with Crippen LogP contribution in [0.15, 0.2) is 36.5 Å². The van der Waals surface area contributed by atoms with E-state index in [2.05, 4.69) is 23.9 Å².